The first-order chi connectivity index (χ1) is 9.52. The van der Waals surface area contributed by atoms with Gasteiger partial charge in [0.25, 0.3) is 0 Å². The van der Waals surface area contributed by atoms with Gasteiger partial charge in [-0.05, 0) is 17.7 Å². The second kappa shape index (κ2) is 6.26. The molecule has 1 aliphatic heterocycles. The molecular formula is C14H16FNO3S. The van der Waals surface area contributed by atoms with Crippen molar-refractivity contribution in [3.05, 3.63) is 35.6 Å². The van der Waals surface area contributed by atoms with Gasteiger partial charge in [-0.1, -0.05) is 18.2 Å². The Kier molecular flexibility index (Phi) is 4.65. The number of carbonyl (C=O) groups is 2. The van der Waals surface area contributed by atoms with Crippen LogP contribution in [0.25, 0.3) is 0 Å². The molecular weight excluding hydrogens is 281 g/mol. The molecule has 0 aromatic heterocycles. The molecule has 0 spiro atoms. The highest BCUT2D eigenvalue weighted by molar-refractivity contribution is 7.80. The predicted octanol–water partition coefficient (Wildman–Crippen LogP) is 2.12. The lowest BCUT2D eigenvalue weighted by Crippen LogP contribution is -2.32. The van der Waals surface area contributed by atoms with Gasteiger partial charge in [-0.25, -0.2) is 4.39 Å². The zero-order chi connectivity index (χ0) is 14.7. The Labute approximate surface area is 122 Å². The molecule has 1 N–H and O–H groups in total. The molecule has 0 aliphatic carbocycles. The van der Waals surface area contributed by atoms with Crippen LogP contribution in [0.4, 0.5) is 4.39 Å². The number of amides is 1. The second-order valence-electron chi connectivity index (χ2n) is 4.93. The SMILES string of the molecule is O=C(O)CC(c1ccccc1F)N1CC(CS)CC1=O. The lowest BCUT2D eigenvalue weighted by molar-refractivity contribution is -0.139. The summed E-state index contributed by atoms with van der Waals surface area (Å²) in [6.07, 6.45) is 0.0417. The molecule has 1 aromatic rings. The van der Waals surface area contributed by atoms with Gasteiger partial charge in [-0.3, -0.25) is 9.59 Å². The van der Waals surface area contributed by atoms with Gasteiger partial charge in [0.1, 0.15) is 5.82 Å². The number of nitrogens with zero attached hydrogens (tertiary/aromatic N) is 1. The Morgan fingerprint density at radius 1 is 1.50 bits per heavy atom. The fraction of sp³-hybridized carbons (Fsp3) is 0.429. The van der Waals surface area contributed by atoms with Gasteiger partial charge in [0, 0.05) is 18.5 Å². The van der Waals surface area contributed by atoms with Crippen LogP contribution in [0.3, 0.4) is 0 Å². The van der Waals surface area contributed by atoms with Crippen LogP contribution in [0.15, 0.2) is 24.3 Å². The molecule has 108 valence electrons. The first-order valence-corrected chi connectivity index (χ1v) is 7.02. The quantitative estimate of drug-likeness (QED) is 0.819. The van der Waals surface area contributed by atoms with Crippen LogP contribution in [-0.2, 0) is 9.59 Å². The third kappa shape index (κ3) is 3.12. The van der Waals surface area contributed by atoms with Crippen LogP contribution in [-0.4, -0.2) is 34.2 Å². The van der Waals surface area contributed by atoms with Crippen LogP contribution in [0.2, 0.25) is 0 Å². The van der Waals surface area contributed by atoms with E-state index in [1.807, 2.05) is 0 Å². The van der Waals surface area contributed by atoms with E-state index in [1.54, 1.807) is 12.1 Å². The molecule has 0 bridgehead atoms. The molecule has 2 rings (SSSR count). The third-order valence-corrected chi connectivity index (χ3v) is 4.02. The summed E-state index contributed by atoms with van der Waals surface area (Å²) in [6.45, 7) is 0.425. The van der Waals surface area contributed by atoms with Crippen LogP contribution >= 0.6 is 12.6 Å². The summed E-state index contributed by atoms with van der Waals surface area (Å²) in [6, 6.07) is 5.24. The zero-order valence-corrected chi connectivity index (χ0v) is 11.7. The van der Waals surface area contributed by atoms with E-state index in [0.29, 0.717) is 18.7 Å². The van der Waals surface area contributed by atoms with Crippen molar-refractivity contribution in [2.45, 2.75) is 18.9 Å². The molecule has 2 atom stereocenters. The normalized spacial score (nSPS) is 20.2. The lowest BCUT2D eigenvalue weighted by Gasteiger charge is -2.27. The number of rotatable bonds is 5. The van der Waals surface area contributed by atoms with Crippen LogP contribution in [0, 0.1) is 11.7 Å². The van der Waals surface area contributed by atoms with Crippen molar-refractivity contribution in [3.8, 4) is 0 Å². The molecule has 1 amide bonds. The van der Waals surface area contributed by atoms with E-state index >= 15 is 0 Å². The summed E-state index contributed by atoms with van der Waals surface area (Å²) in [5.74, 6) is -1.03. The minimum Gasteiger partial charge on any atom is -0.481 e. The molecule has 20 heavy (non-hydrogen) atoms. The van der Waals surface area contributed by atoms with Gasteiger partial charge in [-0.2, -0.15) is 12.6 Å². The summed E-state index contributed by atoms with van der Waals surface area (Å²) in [4.78, 5) is 24.5. The number of halogens is 1. The number of thiol groups is 1. The minimum atomic E-state index is -1.06. The van der Waals surface area contributed by atoms with Crippen LogP contribution in [0.5, 0.6) is 0 Å². The molecule has 1 fully saturated rings. The average Bonchev–Trinajstić information content (AvgIpc) is 2.78. The van der Waals surface area contributed by atoms with Crippen molar-refractivity contribution in [3.63, 3.8) is 0 Å². The second-order valence-corrected chi connectivity index (χ2v) is 5.30. The molecule has 1 aliphatic rings. The van der Waals surface area contributed by atoms with E-state index in [1.165, 1.54) is 17.0 Å². The molecule has 1 aromatic carbocycles. The fourth-order valence-electron chi connectivity index (χ4n) is 2.53. The predicted molar refractivity (Wildman–Crippen MR) is 75.1 cm³/mol. The van der Waals surface area contributed by atoms with Crippen molar-refractivity contribution in [1.29, 1.82) is 0 Å². The van der Waals surface area contributed by atoms with Crippen molar-refractivity contribution in [2.75, 3.05) is 12.3 Å². The van der Waals surface area contributed by atoms with Crippen LogP contribution < -0.4 is 0 Å². The van der Waals surface area contributed by atoms with E-state index in [9.17, 15) is 14.0 Å². The fourth-order valence-corrected chi connectivity index (χ4v) is 2.78. The van der Waals surface area contributed by atoms with E-state index in [4.69, 9.17) is 5.11 Å². The first-order valence-electron chi connectivity index (χ1n) is 6.39. The molecule has 0 saturated carbocycles. The number of carboxylic acid groups (broad SMARTS) is 1. The van der Waals surface area contributed by atoms with Gasteiger partial charge in [0.15, 0.2) is 0 Å². The zero-order valence-electron chi connectivity index (χ0n) is 10.8. The van der Waals surface area contributed by atoms with E-state index < -0.39 is 17.8 Å². The maximum absolute atomic E-state index is 13.9. The number of likely N-dealkylation sites (tertiary alicyclic amines) is 1. The monoisotopic (exact) mass is 297 g/mol. The Bertz CT molecular complexity index is 523. The number of hydrogen-bond donors (Lipinski definition) is 2. The van der Waals surface area contributed by atoms with Crippen molar-refractivity contribution < 1.29 is 19.1 Å². The van der Waals surface area contributed by atoms with Crippen molar-refractivity contribution in [2.24, 2.45) is 5.92 Å². The summed E-state index contributed by atoms with van der Waals surface area (Å²) in [7, 11) is 0. The molecule has 0 radical (unpaired) electrons. The summed E-state index contributed by atoms with van der Waals surface area (Å²) < 4.78 is 13.9. The van der Waals surface area contributed by atoms with Crippen LogP contribution in [0.1, 0.15) is 24.4 Å². The standard InChI is InChI=1S/C14H16FNO3S/c15-11-4-2-1-3-10(11)12(6-14(18)19)16-7-9(8-20)5-13(16)17/h1-4,9,12,20H,5-8H2,(H,18,19). The molecule has 4 nitrogen and oxygen atoms in total. The Balaban J connectivity index is 2.31. The largest absolute Gasteiger partial charge is 0.481 e. The van der Waals surface area contributed by atoms with Crippen molar-refractivity contribution >= 4 is 24.5 Å². The molecule has 2 unspecified atom stereocenters. The van der Waals surface area contributed by atoms with E-state index in [2.05, 4.69) is 12.6 Å². The maximum atomic E-state index is 13.9. The van der Waals surface area contributed by atoms with Gasteiger partial charge in [0.2, 0.25) is 5.91 Å². The smallest absolute Gasteiger partial charge is 0.305 e. The Morgan fingerprint density at radius 2 is 2.20 bits per heavy atom. The van der Waals surface area contributed by atoms with Gasteiger partial charge < -0.3 is 10.0 Å². The highest BCUT2D eigenvalue weighted by atomic mass is 32.1. The summed E-state index contributed by atoms with van der Waals surface area (Å²) >= 11 is 4.17. The van der Waals surface area contributed by atoms with Crippen molar-refractivity contribution in [1.82, 2.24) is 4.90 Å². The average molecular weight is 297 g/mol. The topological polar surface area (TPSA) is 57.6 Å². The van der Waals surface area contributed by atoms with Gasteiger partial charge in [0.05, 0.1) is 12.5 Å². The summed E-state index contributed by atoms with van der Waals surface area (Å²) in [5.41, 5.74) is 0.253. The highest BCUT2D eigenvalue weighted by Gasteiger charge is 2.36. The number of aliphatic carboxylic acids is 1. The number of carboxylic acids is 1. The molecule has 1 saturated heterocycles. The lowest BCUT2D eigenvalue weighted by atomic mass is 10.0. The Morgan fingerprint density at radius 3 is 2.75 bits per heavy atom. The molecule has 6 heteroatoms. The number of hydrogen-bond acceptors (Lipinski definition) is 3. The third-order valence-electron chi connectivity index (χ3n) is 3.51. The maximum Gasteiger partial charge on any atom is 0.305 e. The number of carbonyl (C=O) groups excluding carboxylic acids is 1. The van der Waals surface area contributed by atoms with Gasteiger partial charge >= 0.3 is 5.97 Å². The Hall–Kier alpha value is -1.56. The number of benzene rings is 1. The minimum absolute atomic E-state index is 0.0916. The van der Waals surface area contributed by atoms with Gasteiger partial charge in [-0.15, -0.1) is 0 Å². The highest BCUT2D eigenvalue weighted by Crippen LogP contribution is 2.32. The first kappa shape index (κ1) is 14.8. The van der Waals surface area contributed by atoms with E-state index in [0.717, 1.165) is 0 Å². The van der Waals surface area contributed by atoms with E-state index in [-0.39, 0.29) is 23.8 Å². The summed E-state index contributed by atoms with van der Waals surface area (Å²) in [5, 5.41) is 9.03. The molecule has 1 heterocycles.